The first-order valence-electron chi connectivity index (χ1n) is 6.75. The van der Waals surface area contributed by atoms with E-state index >= 15 is 0 Å². The Bertz CT molecular complexity index is 622. The first-order chi connectivity index (χ1) is 9.55. The average molecular weight is 290 g/mol. The van der Waals surface area contributed by atoms with Gasteiger partial charge in [0.1, 0.15) is 0 Å². The zero-order chi connectivity index (χ0) is 14.2. The molecule has 3 rings (SSSR count). The molecule has 2 aromatic rings. The normalized spacial score (nSPS) is 15.3. The average Bonchev–Trinajstić information content (AvgIpc) is 2.97. The number of fused-ring (bicyclic) bond motifs is 1. The number of aryl methyl sites for hydroxylation is 1. The second-order valence-electron chi connectivity index (χ2n) is 5.19. The highest BCUT2D eigenvalue weighted by Gasteiger charge is 2.31. The molecule has 0 bridgehead atoms. The molecule has 5 heteroatoms. The summed E-state index contributed by atoms with van der Waals surface area (Å²) in [4.78, 5) is 5.59. The number of rotatable bonds is 4. The molecule has 0 amide bonds. The first-order valence-corrected chi connectivity index (χ1v) is 7.57. The monoisotopic (exact) mass is 290 g/mol. The first kappa shape index (κ1) is 13.2. The Balaban J connectivity index is 1.67. The number of nitrogens with one attached hydrogen (secondary N) is 1. The second-order valence-corrected chi connectivity index (χ2v) is 6.39. The maximum absolute atomic E-state index is 5.74. The summed E-state index contributed by atoms with van der Waals surface area (Å²) in [6.45, 7) is 6.71. The molecule has 0 unspecified atom stereocenters. The van der Waals surface area contributed by atoms with Gasteiger partial charge in [-0.1, -0.05) is 6.92 Å². The summed E-state index contributed by atoms with van der Waals surface area (Å²) in [5.74, 6) is 1.01. The van der Waals surface area contributed by atoms with Gasteiger partial charge >= 0.3 is 0 Å². The van der Waals surface area contributed by atoms with Crippen molar-refractivity contribution in [2.24, 2.45) is 0 Å². The molecule has 0 radical (unpaired) electrons. The minimum atomic E-state index is -0.575. The molecular weight excluding hydrogens is 272 g/mol. The highest BCUT2D eigenvalue weighted by atomic mass is 32.1. The lowest BCUT2D eigenvalue weighted by Crippen LogP contribution is -2.29. The summed E-state index contributed by atoms with van der Waals surface area (Å²) >= 11 is 1.75. The summed E-state index contributed by atoms with van der Waals surface area (Å²) < 4.78 is 11.4. The molecule has 4 nitrogen and oxygen atoms in total. The van der Waals surface area contributed by atoms with Gasteiger partial charge in [-0.2, -0.15) is 0 Å². The lowest BCUT2D eigenvalue weighted by atomic mass is 10.3. The third kappa shape index (κ3) is 2.72. The van der Waals surface area contributed by atoms with Crippen molar-refractivity contribution in [2.75, 3.05) is 5.32 Å². The molecule has 20 heavy (non-hydrogen) atoms. The molecular formula is C15H18N2O2S. The van der Waals surface area contributed by atoms with E-state index in [0.717, 1.165) is 30.2 Å². The Morgan fingerprint density at radius 2 is 2.05 bits per heavy atom. The van der Waals surface area contributed by atoms with Gasteiger partial charge in [-0.15, -0.1) is 11.3 Å². The molecule has 2 heterocycles. The van der Waals surface area contributed by atoms with Crippen LogP contribution in [-0.4, -0.2) is 10.8 Å². The van der Waals surface area contributed by atoms with Gasteiger partial charge in [0.05, 0.1) is 11.6 Å². The van der Waals surface area contributed by atoms with E-state index in [1.807, 2.05) is 38.2 Å². The van der Waals surface area contributed by atoms with Gasteiger partial charge in [0.15, 0.2) is 11.5 Å². The molecule has 1 aliphatic rings. The van der Waals surface area contributed by atoms with E-state index in [4.69, 9.17) is 9.47 Å². The van der Waals surface area contributed by atoms with E-state index < -0.39 is 5.79 Å². The van der Waals surface area contributed by atoms with Gasteiger partial charge in [-0.25, -0.2) is 4.98 Å². The van der Waals surface area contributed by atoms with Gasteiger partial charge in [0.25, 0.3) is 0 Å². The maximum atomic E-state index is 5.74. The van der Waals surface area contributed by atoms with Crippen LogP contribution in [0.25, 0.3) is 0 Å². The van der Waals surface area contributed by atoms with Gasteiger partial charge in [-0.3, -0.25) is 0 Å². The third-order valence-corrected chi connectivity index (χ3v) is 4.17. The number of anilines is 1. The summed E-state index contributed by atoms with van der Waals surface area (Å²) in [5.41, 5.74) is 1.02. The van der Waals surface area contributed by atoms with Crippen molar-refractivity contribution in [1.82, 2.24) is 4.98 Å². The van der Waals surface area contributed by atoms with E-state index in [0.29, 0.717) is 0 Å². The molecule has 0 atom stereocenters. The second kappa shape index (κ2) is 4.98. The highest BCUT2D eigenvalue weighted by Crippen LogP contribution is 2.40. The Labute approximate surface area is 122 Å². The Morgan fingerprint density at radius 3 is 2.80 bits per heavy atom. The van der Waals surface area contributed by atoms with Gasteiger partial charge < -0.3 is 14.8 Å². The van der Waals surface area contributed by atoms with E-state index in [2.05, 4.69) is 17.2 Å². The van der Waals surface area contributed by atoms with Crippen LogP contribution >= 0.6 is 11.3 Å². The topological polar surface area (TPSA) is 43.4 Å². The number of thiazole rings is 1. The van der Waals surface area contributed by atoms with Gasteiger partial charge in [0.2, 0.25) is 5.79 Å². The summed E-state index contributed by atoms with van der Waals surface area (Å²) in [7, 11) is 0. The minimum absolute atomic E-state index is 0.575. The van der Waals surface area contributed by atoms with E-state index in [-0.39, 0.29) is 0 Å². The fraction of sp³-hybridized carbons (Fsp3) is 0.400. The fourth-order valence-corrected chi connectivity index (χ4v) is 2.92. The van der Waals surface area contributed by atoms with Crippen LogP contribution < -0.4 is 14.8 Å². The molecule has 106 valence electrons. The van der Waals surface area contributed by atoms with Crippen LogP contribution in [-0.2, 0) is 13.0 Å². The summed E-state index contributed by atoms with van der Waals surface area (Å²) in [6.07, 6.45) is 2.93. The molecule has 0 saturated carbocycles. The van der Waals surface area contributed by atoms with Crippen LogP contribution in [0, 0.1) is 0 Å². The zero-order valence-electron chi connectivity index (χ0n) is 11.9. The lowest BCUT2D eigenvalue weighted by Gasteiger charge is -2.16. The van der Waals surface area contributed by atoms with Gasteiger partial charge in [-0.05, 0) is 18.6 Å². The Kier molecular flexibility index (Phi) is 3.30. The van der Waals surface area contributed by atoms with Crippen LogP contribution in [0.4, 0.5) is 5.69 Å². The lowest BCUT2D eigenvalue weighted by molar-refractivity contribution is -0.0431. The van der Waals surface area contributed by atoms with Crippen LogP contribution in [0.2, 0.25) is 0 Å². The SMILES string of the molecule is CCc1ncc(CNc2ccc3c(c2)OC(C)(C)O3)s1. The number of hydrogen-bond acceptors (Lipinski definition) is 5. The zero-order valence-corrected chi connectivity index (χ0v) is 12.7. The number of nitrogens with zero attached hydrogens (tertiary/aromatic N) is 1. The van der Waals surface area contributed by atoms with Crippen LogP contribution in [0.5, 0.6) is 11.5 Å². The smallest absolute Gasteiger partial charge is 0.246 e. The molecule has 0 spiro atoms. The number of benzene rings is 1. The number of hydrogen-bond donors (Lipinski definition) is 1. The molecule has 1 aliphatic heterocycles. The van der Waals surface area contributed by atoms with Crippen molar-refractivity contribution in [3.8, 4) is 11.5 Å². The molecule has 0 aliphatic carbocycles. The quantitative estimate of drug-likeness (QED) is 0.929. The predicted octanol–water partition coefficient (Wildman–Crippen LogP) is 3.82. The van der Waals surface area contributed by atoms with Crippen molar-refractivity contribution in [3.05, 3.63) is 34.3 Å². The van der Waals surface area contributed by atoms with Crippen molar-refractivity contribution in [3.63, 3.8) is 0 Å². The van der Waals surface area contributed by atoms with Crippen molar-refractivity contribution in [1.29, 1.82) is 0 Å². The molecule has 0 saturated heterocycles. The van der Waals surface area contributed by atoms with E-state index in [1.165, 1.54) is 9.88 Å². The minimum Gasteiger partial charge on any atom is -0.449 e. The predicted molar refractivity (Wildman–Crippen MR) is 80.6 cm³/mol. The molecule has 0 fully saturated rings. The van der Waals surface area contributed by atoms with Crippen LogP contribution in [0.3, 0.4) is 0 Å². The van der Waals surface area contributed by atoms with Crippen LogP contribution in [0.15, 0.2) is 24.4 Å². The van der Waals surface area contributed by atoms with Crippen molar-refractivity contribution >= 4 is 17.0 Å². The Hall–Kier alpha value is -1.75. The number of ether oxygens (including phenoxy) is 2. The van der Waals surface area contributed by atoms with Crippen molar-refractivity contribution in [2.45, 2.75) is 39.5 Å². The third-order valence-electron chi connectivity index (χ3n) is 3.03. The van der Waals surface area contributed by atoms with E-state index in [1.54, 1.807) is 11.3 Å². The highest BCUT2D eigenvalue weighted by molar-refractivity contribution is 7.11. The summed E-state index contributed by atoms with van der Waals surface area (Å²) in [6, 6.07) is 5.92. The largest absolute Gasteiger partial charge is 0.449 e. The standard InChI is InChI=1S/C15H18N2O2S/c1-4-14-17-9-11(20-14)8-16-10-5-6-12-13(7-10)19-15(2,3)18-12/h5-7,9,16H,4,8H2,1-3H3. The molecule has 1 N–H and O–H groups in total. The molecule has 1 aromatic carbocycles. The molecule has 1 aromatic heterocycles. The van der Waals surface area contributed by atoms with Crippen LogP contribution in [0.1, 0.15) is 30.7 Å². The Morgan fingerprint density at radius 1 is 1.25 bits per heavy atom. The number of aromatic nitrogens is 1. The van der Waals surface area contributed by atoms with Crippen molar-refractivity contribution < 1.29 is 9.47 Å². The maximum Gasteiger partial charge on any atom is 0.246 e. The summed E-state index contributed by atoms with van der Waals surface area (Å²) in [5, 5.41) is 4.57. The van der Waals surface area contributed by atoms with Gasteiger partial charge in [0, 0.05) is 36.7 Å². The van der Waals surface area contributed by atoms with E-state index in [9.17, 15) is 0 Å². The fourth-order valence-electron chi connectivity index (χ4n) is 2.11.